The minimum absolute atomic E-state index is 0.0539. The molecule has 7 heteroatoms. The van der Waals surface area contributed by atoms with E-state index in [4.69, 9.17) is 0 Å². The molecule has 1 aromatic rings. The lowest BCUT2D eigenvalue weighted by molar-refractivity contribution is 0.566. The second kappa shape index (κ2) is 5.32. The van der Waals surface area contributed by atoms with Crippen LogP contribution >= 0.6 is 0 Å². The van der Waals surface area contributed by atoms with Crippen LogP contribution in [0.15, 0.2) is 6.20 Å². The van der Waals surface area contributed by atoms with E-state index in [0.29, 0.717) is 12.5 Å². The highest BCUT2D eigenvalue weighted by Gasteiger charge is 2.29. The molecule has 2 heterocycles. The van der Waals surface area contributed by atoms with Crippen LogP contribution in [-0.4, -0.2) is 49.0 Å². The van der Waals surface area contributed by atoms with E-state index in [-0.39, 0.29) is 17.5 Å². The van der Waals surface area contributed by atoms with Gasteiger partial charge in [0.05, 0.1) is 11.5 Å². The summed E-state index contributed by atoms with van der Waals surface area (Å²) < 4.78 is 23.2. The number of anilines is 2. The van der Waals surface area contributed by atoms with Gasteiger partial charge < -0.3 is 10.2 Å². The smallest absolute Gasteiger partial charge is 0.224 e. The maximum atomic E-state index is 11.6. The number of sulfone groups is 1. The molecule has 1 aliphatic heterocycles. The van der Waals surface area contributed by atoms with Crippen molar-refractivity contribution in [3.05, 3.63) is 11.8 Å². The molecule has 2 rings (SSSR count). The van der Waals surface area contributed by atoms with Crippen molar-refractivity contribution in [2.45, 2.75) is 26.8 Å². The van der Waals surface area contributed by atoms with Crippen LogP contribution in [-0.2, 0) is 9.84 Å². The van der Waals surface area contributed by atoms with Crippen LogP contribution in [0.4, 0.5) is 11.8 Å². The van der Waals surface area contributed by atoms with Gasteiger partial charge in [-0.2, -0.15) is 4.98 Å². The maximum absolute atomic E-state index is 11.6. The van der Waals surface area contributed by atoms with Gasteiger partial charge in [-0.1, -0.05) is 0 Å². The fourth-order valence-corrected chi connectivity index (χ4v) is 3.84. The Balaban J connectivity index is 2.28. The number of nitrogens with one attached hydrogen (secondary N) is 1. The van der Waals surface area contributed by atoms with Crippen LogP contribution in [0, 0.1) is 6.92 Å². The zero-order chi connectivity index (χ0) is 14.0. The fraction of sp³-hybridized carbons (Fsp3) is 0.667. The Labute approximate surface area is 114 Å². The molecule has 0 bridgehead atoms. The first kappa shape index (κ1) is 14.0. The summed E-state index contributed by atoms with van der Waals surface area (Å²) in [5.74, 6) is 1.79. The molecule has 6 nitrogen and oxygen atoms in total. The molecule has 19 heavy (non-hydrogen) atoms. The Hall–Kier alpha value is -1.37. The first-order valence-corrected chi connectivity index (χ1v) is 8.29. The van der Waals surface area contributed by atoms with Crippen molar-refractivity contribution in [2.24, 2.45) is 0 Å². The predicted molar refractivity (Wildman–Crippen MR) is 76.4 cm³/mol. The van der Waals surface area contributed by atoms with Crippen molar-refractivity contribution >= 4 is 21.6 Å². The minimum Gasteiger partial charge on any atom is -0.354 e. The van der Waals surface area contributed by atoms with E-state index in [1.807, 2.05) is 20.8 Å². The lowest BCUT2D eigenvalue weighted by atomic mass is 10.2. The highest BCUT2D eigenvalue weighted by molar-refractivity contribution is 7.91. The lowest BCUT2D eigenvalue weighted by Gasteiger charge is -2.35. The van der Waals surface area contributed by atoms with Crippen molar-refractivity contribution in [3.63, 3.8) is 0 Å². The van der Waals surface area contributed by atoms with Crippen molar-refractivity contribution in [3.8, 4) is 0 Å². The molecule has 1 unspecified atom stereocenters. The van der Waals surface area contributed by atoms with Crippen molar-refractivity contribution in [1.82, 2.24) is 9.97 Å². The SMILES string of the molecule is CCNc1ncc(C)c(N2CCS(=O)(=O)CC2C)n1. The molecule has 1 aliphatic rings. The summed E-state index contributed by atoms with van der Waals surface area (Å²) in [5, 5.41) is 3.08. The van der Waals surface area contributed by atoms with Gasteiger partial charge in [0, 0.05) is 30.9 Å². The second-order valence-corrected chi connectivity index (χ2v) is 7.12. The summed E-state index contributed by atoms with van der Waals surface area (Å²) in [6.45, 7) is 7.10. The van der Waals surface area contributed by atoms with Crippen molar-refractivity contribution in [2.75, 3.05) is 34.8 Å². The van der Waals surface area contributed by atoms with Gasteiger partial charge >= 0.3 is 0 Å². The summed E-state index contributed by atoms with van der Waals surface area (Å²) in [5.41, 5.74) is 0.966. The number of aryl methyl sites for hydroxylation is 1. The standard InChI is InChI=1S/C12H20N4O2S/c1-4-13-12-14-7-9(2)11(15-12)16-5-6-19(17,18)8-10(16)3/h7,10H,4-6,8H2,1-3H3,(H,13,14,15). The highest BCUT2D eigenvalue weighted by Crippen LogP contribution is 2.23. The molecule has 1 aromatic heterocycles. The van der Waals surface area contributed by atoms with E-state index < -0.39 is 9.84 Å². The van der Waals surface area contributed by atoms with Crippen LogP contribution < -0.4 is 10.2 Å². The van der Waals surface area contributed by atoms with Gasteiger partial charge in [-0.3, -0.25) is 0 Å². The Kier molecular flexibility index (Phi) is 3.93. The predicted octanol–water partition coefficient (Wildman–Crippen LogP) is 0.840. The summed E-state index contributed by atoms with van der Waals surface area (Å²) in [7, 11) is -2.91. The van der Waals surface area contributed by atoms with Crippen LogP contribution in [0.1, 0.15) is 19.4 Å². The van der Waals surface area contributed by atoms with Crippen LogP contribution in [0.25, 0.3) is 0 Å². The molecular formula is C12H20N4O2S. The number of aromatic nitrogens is 2. The Morgan fingerprint density at radius 2 is 2.26 bits per heavy atom. The normalized spacial score (nSPS) is 22.3. The lowest BCUT2D eigenvalue weighted by Crippen LogP contribution is -2.47. The van der Waals surface area contributed by atoms with E-state index in [2.05, 4.69) is 20.2 Å². The van der Waals surface area contributed by atoms with Gasteiger partial charge in [0.25, 0.3) is 0 Å². The number of hydrogen-bond acceptors (Lipinski definition) is 6. The molecule has 1 atom stereocenters. The number of nitrogens with zero attached hydrogens (tertiary/aromatic N) is 3. The van der Waals surface area contributed by atoms with Gasteiger partial charge in [0.2, 0.25) is 5.95 Å². The van der Waals surface area contributed by atoms with Gasteiger partial charge in [-0.05, 0) is 20.8 Å². The van der Waals surface area contributed by atoms with Gasteiger partial charge in [0.15, 0.2) is 9.84 Å². The van der Waals surface area contributed by atoms with Crippen molar-refractivity contribution < 1.29 is 8.42 Å². The molecule has 0 spiro atoms. The van der Waals surface area contributed by atoms with Crippen LogP contribution in [0.3, 0.4) is 0 Å². The van der Waals surface area contributed by atoms with Gasteiger partial charge in [-0.25, -0.2) is 13.4 Å². The van der Waals surface area contributed by atoms with E-state index in [1.165, 1.54) is 0 Å². The zero-order valence-corrected chi connectivity index (χ0v) is 12.4. The zero-order valence-electron chi connectivity index (χ0n) is 11.5. The molecule has 1 saturated heterocycles. The second-order valence-electron chi connectivity index (χ2n) is 4.89. The molecule has 0 saturated carbocycles. The topological polar surface area (TPSA) is 75.2 Å². The molecule has 1 fully saturated rings. The van der Waals surface area contributed by atoms with Crippen LogP contribution in [0.5, 0.6) is 0 Å². The first-order valence-electron chi connectivity index (χ1n) is 6.47. The van der Waals surface area contributed by atoms with Crippen LogP contribution in [0.2, 0.25) is 0 Å². The average Bonchev–Trinajstić information content (AvgIpc) is 2.31. The molecule has 0 aliphatic carbocycles. The third kappa shape index (κ3) is 3.15. The molecule has 0 aromatic carbocycles. The third-order valence-corrected chi connectivity index (χ3v) is 5.02. The summed E-state index contributed by atoms with van der Waals surface area (Å²) >= 11 is 0. The Bertz CT molecular complexity index is 559. The minimum atomic E-state index is -2.91. The molecule has 0 radical (unpaired) electrons. The summed E-state index contributed by atoms with van der Waals surface area (Å²) in [4.78, 5) is 10.8. The van der Waals surface area contributed by atoms with Crippen molar-refractivity contribution in [1.29, 1.82) is 0 Å². The summed E-state index contributed by atoms with van der Waals surface area (Å²) in [6.07, 6.45) is 1.77. The molecule has 106 valence electrons. The van der Waals surface area contributed by atoms with E-state index in [0.717, 1.165) is 17.9 Å². The molecule has 1 N–H and O–H groups in total. The van der Waals surface area contributed by atoms with E-state index in [1.54, 1.807) is 6.20 Å². The monoisotopic (exact) mass is 284 g/mol. The first-order chi connectivity index (χ1) is 8.93. The van der Waals surface area contributed by atoms with Gasteiger partial charge in [-0.15, -0.1) is 0 Å². The Morgan fingerprint density at radius 1 is 1.53 bits per heavy atom. The Morgan fingerprint density at radius 3 is 2.89 bits per heavy atom. The van der Waals surface area contributed by atoms with E-state index >= 15 is 0 Å². The third-order valence-electron chi connectivity index (χ3n) is 3.22. The summed E-state index contributed by atoms with van der Waals surface area (Å²) in [6, 6.07) is -0.0539. The average molecular weight is 284 g/mol. The molecular weight excluding hydrogens is 264 g/mol. The number of hydrogen-bond donors (Lipinski definition) is 1. The maximum Gasteiger partial charge on any atom is 0.224 e. The largest absolute Gasteiger partial charge is 0.354 e. The molecule has 0 amide bonds. The fourth-order valence-electron chi connectivity index (χ4n) is 2.28. The highest BCUT2D eigenvalue weighted by atomic mass is 32.2. The van der Waals surface area contributed by atoms with E-state index in [9.17, 15) is 8.42 Å². The quantitative estimate of drug-likeness (QED) is 0.886. The number of rotatable bonds is 3. The van der Waals surface area contributed by atoms with Gasteiger partial charge in [0.1, 0.15) is 5.82 Å².